The minimum Gasteiger partial charge on any atom is -0.296 e. The first-order chi connectivity index (χ1) is 9.23. The van der Waals surface area contributed by atoms with Gasteiger partial charge in [0.2, 0.25) is 0 Å². The molecule has 1 fully saturated rings. The standard InChI is InChI=1S/C13H28N2/c1-11-10-14(12(2,3)4)8-9-15(11)13(5,6)7/h11H,8-10H2,1-7H3/i8D2,9D2,10D2,11D. The lowest BCUT2D eigenvalue weighted by Gasteiger charge is -2.50. The van der Waals surface area contributed by atoms with Crippen molar-refractivity contribution in [1.29, 1.82) is 0 Å². The van der Waals surface area contributed by atoms with Crippen LogP contribution in [0.3, 0.4) is 0 Å². The molecule has 1 aliphatic rings. The first kappa shape index (κ1) is 6.02. The topological polar surface area (TPSA) is 6.48 Å². The van der Waals surface area contributed by atoms with Crippen molar-refractivity contribution < 1.29 is 9.60 Å². The van der Waals surface area contributed by atoms with Crippen LogP contribution < -0.4 is 0 Å². The van der Waals surface area contributed by atoms with Gasteiger partial charge in [-0.1, -0.05) is 0 Å². The van der Waals surface area contributed by atoms with Gasteiger partial charge >= 0.3 is 0 Å². The van der Waals surface area contributed by atoms with Crippen molar-refractivity contribution in [1.82, 2.24) is 9.80 Å². The fourth-order valence-electron chi connectivity index (χ4n) is 1.43. The predicted molar refractivity (Wildman–Crippen MR) is 67.2 cm³/mol. The Morgan fingerprint density at radius 2 is 1.60 bits per heavy atom. The van der Waals surface area contributed by atoms with Gasteiger partial charge < -0.3 is 0 Å². The van der Waals surface area contributed by atoms with Gasteiger partial charge in [-0.05, 0) is 48.5 Å². The van der Waals surface area contributed by atoms with Gasteiger partial charge in [-0.2, -0.15) is 0 Å². The molecule has 2 nitrogen and oxygen atoms in total. The first-order valence-electron chi connectivity index (χ1n) is 8.84. The van der Waals surface area contributed by atoms with Crippen LogP contribution in [0.15, 0.2) is 0 Å². The van der Waals surface area contributed by atoms with E-state index in [0.29, 0.717) is 0 Å². The number of hydrogen-bond donors (Lipinski definition) is 0. The van der Waals surface area contributed by atoms with E-state index in [-0.39, 0.29) is 0 Å². The van der Waals surface area contributed by atoms with Gasteiger partial charge in [0.25, 0.3) is 0 Å². The lowest BCUT2D eigenvalue weighted by molar-refractivity contribution is -0.0152. The fourth-order valence-corrected chi connectivity index (χ4v) is 1.43. The van der Waals surface area contributed by atoms with Crippen LogP contribution in [0.1, 0.15) is 58.1 Å². The Balaban J connectivity index is 3.77. The molecule has 1 heterocycles. The Bertz CT molecular complexity index is 376. The van der Waals surface area contributed by atoms with Gasteiger partial charge in [-0.15, -0.1) is 0 Å². The van der Waals surface area contributed by atoms with E-state index >= 15 is 0 Å². The molecule has 0 saturated carbocycles. The molecule has 0 radical (unpaired) electrons. The molecule has 0 aliphatic carbocycles. The van der Waals surface area contributed by atoms with Crippen molar-refractivity contribution in [2.75, 3.05) is 19.5 Å². The van der Waals surface area contributed by atoms with Crippen LogP contribution in [-0.4, -0.2) is 46.4 Å². The van der Waals surface area contributed by atoms with Crippen LogP contribution >= 0.6 is 0 Å². The molecule has 1 aliphatic heterocycles. The maximum Gasteiger partial charge on any atom is 0.0478 e. The van der Waals surface area contributed by atoms with Gasteiger partial charge in [0.05, 0.1) is 0 Å². The third-order valence-electron chi connectivity index (χ3n) is 2.22. The molecule has 0 bridgehead atoms. The highest BCUT2D eigenvalue weighted by Crippen LogP contribution is 2.24. The molecule has 0 amide bonds. The lowest BCUT2D eigenvalue weighted by Crippen LogP contribution is -2.61. The van der Waals surface area contributed by atoms with Crippen LogP contribution in [-0.2, 0) is 0 Å². The molecule has 1 rings (SSSR count). The van der Waals surface area contributed by atoms with E-state index in [0.717, 1.165) is 9.80 Å². The van der Waals surface area contributed by atoms with E-state index in [9.17, 15) is 0 Å². The second-order valence-corrected chi connectivity index (χ2v) is 5.93. The number of nitrogens with zero attached hydrogens (tertiary/aromatic N) is 2. The largest absolute Gasteiger partial charge is 0.296 e. The summed E-state index contributed by atoms with van der Waals surface area (Å²) in [6.45, 7) is 3.63. The maximum absolute atomic E-state index is 8.59. The van der Waals surface area contributed by atoms with E-state index in [1.807, 2.05) is 0 Å². The molecule has 0 spiro atoms. The normalized spacial score (nSPS) is 48.9. The van der Waals surface area contributed by atoms with Crippen molar-refractivity contribution in [2.45, 2.75) is 65.6 Å². The molecule has 0 aromatic heterocycles. The zero-order valence-electron chi connectivity index (χ0n) is 17.9. The molecule has 90 valence electrons. The lowest BCUT2D eigenvalue weighted by atomic mass is 9.97. The summed E-state index contributed by atoms with van der Waals surface area (Å²) in [4.78, 5) is 1.87. The van der Waals surface area contributed by atoms with Crippen molar-refractivity contribution in [2.24, 2.45) is 0 Å². The summed E-state index contributed by atoms with van der Waals surface area (Å²) >= 11 is 0. The number of piperazine rings is 1. The molecule has 0 N–H and O–H groups in total. The minimum absolute atomic E-state index is 0.863. The Labute approximate surface area is 105 Å². The Kier molecular flexibility index (Phi) is 1.63. The molecule has 1 atom stereocenters. The van der Waals surface area contributed by atoms with E-state index in [1.54, 1.807) is 41.5 Å². The SMILES string of the molecule is [2H]C1([2H])N(C(C)(C)C)C([2H])([2H])C([2H])(C)N(C(C)(C)C)C1([2H])[2H]. The molecular formula is C13H28N2. The summed E-state index contributed by atoms with van der Waals surface area (Å²) in [6.07, 6.45) is 0. The average Bonchev–Trinajstić information content (AvgIpc) is 2.06. The second kappa shape index (κ2) is 4.06. The second-order valence-electron chi connectivity index (χ2n) is 5.93. The van der Waals surface area contributed by atoms with E-state index in [2.05, 4.69) is 0 Å². The Morgan fingerprint density at radius 1 is 1.07 bits per heavy atom. The highest BCUT2D eigenvalue weighted by Gasteiger charge is 2.34. The van der Waals surface area contributed by atoms with Gasteiger partial charge in [-0.3, -0.25) is 9.80 Å². The van der Waals surface area contributed by atoms with E-state index in [1.165, 1.54) is 6.92 Å². The van der Waals surface area contributed by atoms with Gasteiger partial charge in [0.15, 0.2) is 0 Å². The number of rotatable bonds is 0. The fraction of sp³-hybridized carbons (Fsp3) is 1.00. The number of hydrogen-bond acceptors (Lipinski definition) is 2. The smallest absolute Gasteiger partial charge is 0.0478 e. The van der Waals surface area contributed by atoms with Crippen molar-refractivity contribution in [3.05, 3.63) is 0 Å². The quantitative estimate of drug-likeness (QED) is 0.618. The van der Waals surface area contributed by atoms with Crippen molar-refractivity contribution in [3.8, 4) is 0 Å². The molecule has 15 heavy (non-hydrogen) atoms. The molecular weight excluding hydrogens is 184 g/mol. The zero-order chi connectivity index (χ0) is 18.2. The van der Waals surface area contributed by atoms with Crippen LogP contribution in [0, 0.1) is 0 Å². The monoisotopic (exact) mass is 219 g/mol. The van der Waals surface area contributed by atoms with Crippen LogP contribution in [0.25, 0.3) is 0 Å². The van der Waals surface area contributed by atoms with Crippen LogP contribution in [0.5, 0.6) is 0 Å². The van der Waals surface area contributed by atoms with Crippen molar-refractivity contribution in [3.63, 3.8) is 0 Å². The third kappa shape index (κ3) is 3.18. The minimum atomic E-state index is -2.61. The van der Waals surface area contributed by atoms with E-state index < -0.39 is 36.6 Å². The molecule has 0 aromatic carbocycles. The Hall–Kier alpha value is -0.0800. The van der Waals surface area contributed by atoms with Crippen LogP contribution in [0.4, 0.5) is 0 Å². The van der Waals surface area contributed by atoms with Gasteiger partial charge in [0.1, 0.15) is 0 Å². The van der Waals surface area contributed by atoms with E-state index in [4.69, 9.17) is 9.60 Å². The molecule has 2 heteroatoms. The summed E-state index contributed by atoms with van der Waals surface area (Å²) in [5.74, 6) is 0. The molecule has 0 aromatic rings. The molecule has 1 saturated heterocycles. The molecule has 1 unspecified atom stereocenters. The predicted octanol–water partition coefficient (Wildman–Crippen LogP) is 2.59. The summed E-state index contributed by atoms with van der Waals surface area (Å²) in [6, 6.07) is -1.98. The highest BCUT2D eigenvalue weighted by atomic mass is 15.3. The summed E-state index contributed by atoms with van der Waals surface area (Å²) in [5, 5.41) is 0. The zero-order valence-corrected chi connectivity index (χ0v) is 10.9. The summed E-state index contributed by atoms with van der Waals surface area (Å²) in [7, 11) is 0. The summed E-state index contributed by atoms with van der Waals surface area (Å²) in [5.41, 5.74) is -1.92. The highest BCUT2D eigenvalue weighted by molar-refractivity contribution is 4.90. The summed E-state index contributed by atoms with van der Waals surface area (Å²) < 4.78 is 58.9. The van der Waals surface area contributed by atoms with Gasteiger partial charge in [0, 0.05) is 46.2 Å². The van der Waals surface area contributed by atoms with Crippen LogP contribution in [0.2, 0.25) is 0 Å². The average molecular weight is 219 g/mol. The third-order valence-corrected chi connectivity index (χ3v) is 2.22. The van der Waals surface area contributed by atoms with Crippen molar-refractivity contribution >= 4 is 0 Å². The Morgan fingerprint density at radius 3 is 2.00 bits per heavy atom. The maximum atomic E-state index is 8.59. The first-order valence-corrected chi connectivity index (χ1v) is 5.34. The van der Waals surface area contributed by atoms with Gasteiger partial charge in [-0.25, -0.2) is 0 Å².